The molecule has 0 aromatic carbocycles. The third-order valence-electron chi connectivity index (χ3n) is 23.6. The fourth-order valence-corrected chi connectivity index (χ4v) is 16.8. The van der Waals surface area contributed by atoms with Gasteiger partial charge in [-0.2, -0.15) is 0 Å². The van der Waals surface area contributed by atoms with Crippen LogP contribution in [-0.4, -0.2) is 0 Å². The third kappa shape index (κ3) is 34.1. The van der Waals surface area contributed by atoms with Crippen LogP contribution in [0, 0.1) is 76.4 Å². The Morgan fingerprint density at radius 3 is 0.897 bits per heavy atom. The Bertz CT molecular complexity index is 1280. The van der Waals surface area contributed by atoms with Gasteiger partial charge in [0.1, 0.15) is 0 Å². The van der Waals surface area contributed by atoms with Crippen LogP contribution in [0.3, 0.4) is 0 Å². The molecule has 7 rings (SSSR count). The van der Waals surface area contributed by atoms with Crippen molar-refractivity contribution in [2.24, 2.45) is 76.4 Å². The van der Waals surface area contributed by atoms with Crippen LogP contribution in [0.15, 0.2) is 0 Å². The molecule has 0 bridgehead atoms. The summed E-state index contributed by atoms with van der Waals surface area (Å²) in [4.78, 5) is 0. The first-order valence-electron chi connectivity index (χ1n) is 38.2. The van der Waals surface area contributed by atoms with Gasteiger partial charge in [0.25, 0.3) is 0 Å². The first-order chi connectivity index (χ1) is 38.2. The van der Waals surface area contributed by atoms with Gasteiger partial charge in [0.05, 0.1) is 0 Å². The Morgan fingerprint density at radius 2 is 0.538 bits per heavy atom. The summed E-state index contributed by atoms with van der Waals surface area (Å²) in [5.74, 6) is 12.3. The lowest BCUT2D eigenvalue weighted by atomic mass is 9.70. The van der Waals surface area contributed by atoms with E-state index in [1.807, 2.05) is 0 Å². The Labute approximate surface area is 494 Å². The van der Waals surface area contributed by atoms with Gasteiger partial charge < -0.3 is 0 Å². The summed E-state index contributed by atoms with van der Waals surface area (Å²) < 4.78 is 0. The van der Waals surface area contributed by atoms with Crippen molar-refractivity contribution in [3.8, 4) is 0 Å². The van der Waals surface area contributed by atoms with E-state index in [1.54, 1.807) is 57.8 Å². The highest BCUT2D eigenvalue weighted by molar-refractivity contribution is 4.89. The average molecular weight is 1090 g/mol. The molecule has 7 saturated carbocycles. The zero-order valence-corrected chi connectivity index (χ0v) is 55.1. The number of unbranched alkanes of at least 4 members (excludes halogenated alkanes) is 24. The van der Waals surface area contributed by atoms with Gasteiger partial charge in [0.15, 0.2) is 0 Å². The molecule has 7 fully saturated rings. The summed E-state index contributed by atoms with van der Waals surface area (Å²) in [6, 6.07) is 0. The molecule has 0 spiro atoms. The van der Waals surface area contributed by atoms with Crippen LogP contribution >= 0.6 is 0 Å². The standard InChI is InChI=1S/C72H136.2C3H6/c1-60-37-31-32-39-66(47-43-60)38-27-19-11-7-15-23-33-53-72(54-34-24-16-8-12-20-28-40-67-48-44-61(2)64(5)57-67,55-35-25-17-9-13-21-29-41-68-49-45-62(3)65(6)58-68)56-36-26-18-10-14-22-30-42-69-50-46-63(4)71(59-69)70-51-52-70;2*1-2-3-1/h60-71H,7-59H2,1-6H3;2*1-3H2. The average Bonchev–Trinajstić information content (AvgIpc) is 4.25. The summed E-state index contributed by atoms with van der Waals surface area (Å²) in [5.41, 5.74) is 0.647. The van der Waals surface area contributed by atoms with Crippen molar-refractivity contribution in [3.63, 3.8) is 0 Å². The minimum Gasteiger partial charge on any atom is -0.0625 e. The molecule has 0 radical (unpaired) electrons. The van der Waals surface area contributed by atoms with Crippen LogP contribution in [0.2, 0.25) is 0 Å². The fourth-order valence-electron chi connectivity index (χ4n) is 16.8. The summed E-state index contributed by atoms with van der Waals surface area (Å²) in [6.45, 7) is 15.1. The molecular formula is C78H148. The highest BCUT2D eigenvalue weighted by atomic mass is 14.4. The van der Waals surface area contributed by atoms with Gasteiger partial charge in [-0.3, -0.25) is 0 Å². The molecule has 0 N–H and O–H groups in total. The molecule has 0 aliphatic heterocycles. The molecular weight excluding hydrogens is 937 g/mol. The lowest BCUT2D eigenvalue weighted by molar-refractivity contribution is 0.162. The fraction of sp³-hybridized carbons (Fsp3) is 1.00. The lowest BCUT2D eigenvalue weighted by Gasteiger charge is -2.35. The minimum atomic E-state index is 0.647. The predicted molar refractivity (Wildman–Crippen MR) is 351 cm³/mol. The lowest BCUT2D eigenvalue weighted by Crippen LogP contribution is -2.24. The molecule has 0 saturated heterocycles. The van der Waals surface area contributed by atoms with Crippen molar-refractivity contribution in [3.05, 3.63) is 0 Å². The minimum absolute atomic E-state index is 0.647. The molecule has 7 aliphatic carbocycles. The van der Waals surface area contributed by atoms with Crippen LogP contribution < -0.4 is 0 Å². The van der Waals surface area contributed by atoms with E-state index < -0.39 is 0 Å². The zero-order valence-electron chi connectivity index (χ0n) is 55.1. The second-order valence-electron chi connectivity index (χ2n) is 31.4. The van der Waals surface area contributed by atoms with E-state index in [4.69, 9.17) is 0 Å². The maximum Gasteiger partial charge on any atom is -0.0297 e. The van der Waals surface area contributed by atoms with E-state index in [-0.39, 0.29) is 0 Å². The maximum absolute atomic E-state index is 2.58. The van der Waals surface area contributed by atoms with Crippen molar-refractivity contribution in [1.82, 2.24) is 0 Å². The SMILES string of the molecule is C1CC1.C1CC1.CC1CCCCC(CCCCCCCCCC(CCCCCCCCCC2CCC(C)C(C)C2)(CCCCCCCCCC2CCC(C)C(C)C2)CCCCCCCCCC2CCC(C)C(C3CC3)C2)CC1. The van der Waals surface area contributed by atoms with E-state index in [2.05, 4.69) is 41.5 Å². The van der Waals surface area contributed by atoms with E-state index in [0.29, 0.717) is 5.41 Å². The maximum atomic E-state index is 2.58. The molecule has 7 aliphatic rings. The molecule has 11 unspecified atom stereocenters. The first kappa shape index (κ1) is 68.8. The Balaban J connectivity index is 0.00000174. The highest BCUT2D eigenvalue weighted by Gasteiger charge is 2.38. The molecule has 460 valence electrons. The van der Waals surface area contributed by atoms with Crippen molar-refractivity contribution >= 4 is 0 Å². The molecule has 0 amide bonds. The van der Waals surface area contributed by atoms with Gasteiger partial charge in [-0.1, -0.05) is 363 Å². The van der Waals surface area contributed by atoms with Gasteiger partial charge in [-0.15, -0.1) is 0 Å². The van der Waals surface area contributed by atoms with Gasteiger partial charge in [-0.05, 0) is 134 Å². The topological polar surface area (TPSA) is 0 Å². The Morgan fingerprint density at radius 1 is 0.231 bits per heavy atom. The molecule has 78 heavy (non-hydrogen) atoms. The summed E-state index contributed by atoms with van der Waals surface area (Å²) in [6.07, 6.45) is 89.7. The van der Waals surface area contributed by atoms with E-state index in [1.165, 1.54) is 321 Å². The number of hydrogen-bond donors (Lipinski definition) is 0. The molecule has 0 aromatic heterocycles. The van der Waals surface area contributed by atoms with Crippen LogP contribution in [0.4, 0.5) is 0 Å². The second kappa shape index (κ2) is 43.6. The van der Waals surface area contributed by atoms with Gasteiger partial charge >= 0.3 is 0 Å². The monoisotopic (exact) mass is 1090 g/mol. The third-order valence-corrected chi connectivity index (χ3v) is 23.6. The van der Waals surface area contributed by atoms with E-state index >= 15 is 0 Å². The van der Waals surface area contributed by atoms with Crippen LogP contribution in [0.1, 0.15) is 420 Å². The summed E-state index contributed by atoms with van der Waals surface area (Å²) in [5, 5.41) is 0. The van der Waals surface area contributed by atoms with Crippen LogP contribution in [0.5, 0.6) is 0 Å². The first-order valence-corrected chi connectivity index (χ1v) is 38.2. The van der Waals surface area contributed by atoms with Crippen molar-refractivity contribution in [2.45, 2.75) is 420 Å². The van der Waals surface area contributed by atoms with Crippen molar-refractivity contribution in [1.29, 1.82) is 0 Å². The van der Waals surface area contributed by atoms with Gasteiger partial charge in [-0.25, -0.2) is 0 Å². The Hall–Kier alpha value is 0. The number of rotatable bonds is 41. The molecule has 0 nitrogen and oxygen atoms in total. The van der Waals surface area contributed by atoms with E-state index in [0.717, 1.165) is 71.0 Å². The summed E-state index contributed by atoms with van der Waals surface area (Å²) >= 11 is 0. The van der Waals surface area contributed by atoms with Gasteiger partial charge in [0.2, 0.25) is 0 Å². The molecule has 0 heteroatoms. The molecule has 11 atom stereocenters. The van der Waals surface area contributed by atoms with Crippen molar-refractivity contribution in [2.75, 3.05) is 0 Å². The molecule has 0 heterocycles. The quantitative estimate of drug-likeness (QED) is 0.0535. The Kier molecular flexibility index (Phi) is 38.4. The number of hydrogen-bond acceptors (Lipinski definition) is 0. The largest absolute Gasteiger partial charge is 0.0625 e. The zero-order chi connectivity index (χ0) is 55.1. The predicted octanol–water partition coefficient (Wildman–Crippen LogP) is 27.6. The highest BCUT2D eigenvalue weighted by Crippen LogP contribution is 2.49. The normalized spacial score (nSPS) is 30.0. The van der Waals surface area contributed by atoms with Crippen molar-refractivity contribution < 1.29 is 0 Å². The van der Waals surface area contributed by atoms with Crippen LogP contribution in [-0.2, 0) is 0 Å². The second-order valence-corrected chi connectivity index (χ2v) is 31.4. The van der Waals surface area contributed by atoms with E-state index in [9.17, 15) is 0 Å². The smallest absolute Gasteiger partial charge is 0.0297 e. The van der Waals surface area contributed by atoms with Gasteiger partial charge in [0, 0.05) is 0 Å². The summed E-state index contributed by atoms with van der Waals surface area (Å²) in [7, 11) is 0. The molecule has 0 aromatic rings. The van der Waals surface area contributed by atoms with Crippen LogP contribution in [0.25, 0.3) is 0 Å².